The number of hydrogen-bond acceptors (Lipinski definition) is 4. The molecular formula is C10H18N2S2. The van der Waals surface area contributed by atoms with Gasteiger partial charge in [-0.1, -0.05) is 0 Å². The molecule has 4 heteroatoms. The summed E-state index contributed by atoms with van der Waals surface area (Å²) in [5.74, 6) is 1.26. The van der Waals surface area contributed by atoms with Gasteiger partial charge < -0.3 is 5.32 Å². The fourth-order valence-corrected chi connectivity index (χ4v) is 2.45. The first kappa shape index (κ1) is 11.9. The van der Waals surface area contributed by atoms with E-state index < -0.39 is 0 Å². The maximum absolute atomic E-state index is 4.43. The molecule has 0 amide bonds. The van der Waals surface area contributed by atoms with Gasteiger partial charge in [-0.25, -0.2) is 4.98 Å². The molecule has 1 aromatic heterocycles. The molecule has 2 nitrogen and oxygen atoms in total. The molecule has 0 aromatic carbocycles. The average molecular weight is 230 g/mol. The highest BCUT2D eigenvalue weighted by Crippen LogP contribution is 2.20. The molecule has 0 unspecified atom stereocenters. The van der Waals surface area contributed by atoms with Gasteiger partial charge in [0, 0.05) is 11.4 Å². The molecule has 80 valence electrons. The third-order valence-electron chi connectivity index (χ3n) is 2.08. The van der Waals surface area contributed by atoms with Crippen molar-refractivity contribution < 1.29 is 0 Å². The SMILES string of the molecule is CSCCCCNc1nc(C)c(C)s1. The molecule has 0 aliphatic heterocycles. The van der Waals surface area contributed by atoms with E-state index in [2.05, 4.69) is 30.4 Å². The molecule has 1 rings (SSSR count). The van der Waals surface area contributed by atoms with Gasteiger partial charge in [0.1, 0.15) is 0 Å². The number of aryl methyl sites for hydroxylation is 2. The monoisotopic (exact) mass is 230 g/mol. The lowest BCUT2D eigenvalue weighted by Crippen LogP contribution is -2.01. The number of rotatable bonds is 6. The second-order valence-corrected chi connectivity index (χ2v) is 5.48. The molecule has 0 bridgehead atoms. The number of nitrogens with zero attached hydrogens (tertiary/aromatic N) is 1. The molecule has 0 aliphatic rings. The van der Waals surface area contributed by atoms with Crippen molar-refractivity contribution in [1.82, 2.24) is 4.98 Å². The van der Waals surface area contributed by atoms with Gasteiger partial charge in [-0.3, -0.25) is 0 Å². The smallest absolute Gasteiger partial charge is 0.183 e. The van der Waals surface area contributed by atoms with E-state index in [0.29, 0.717) is 0 Å². The summed E-state index contributed by atoms with van der Waals surface area (Å²) in [5, 5.41) is 4.44. The molecule has 0 saturated carbocycles. The van der Waals surface area contributed by atoms with Crippen LogP contribution in [0.3, 0.4) is 0 Å². The summed E-state index contributed by atoms with van der Waals surface area (Å²) in [6.07, 6.45) is 4.68. The van der Waals surface area contributed by atoms with Gasteiger partial charge in [0.2, 0.25) is 0 Å². The van der Waals surface area contributed by atoms with Crippen LogP contribution >= 0.6 is 23.1 Å². The molecule has 0 fully saturated rings. The fraction of sp³-hybridized carbons (Fsp3) is 0.700. The standard InChI is InChI=1S/C10H18N2S2/c1-8-9(2)14-10(12-8)11-6-4-5-7-13-3/h4-7H2,1-3H3,(H,11,12). The summed E-state index contributed by atoms with van der Waals surface area (Å²) in [6, 6.07) is 0. The van der Waals surface area contributed by atoms with Gasteiger partial charge in [0.15, 0.2) is 5.13 Å². The van der Waals surface area contributed by atoms with Crippen LogP contribution in [0.4, 0.5) is 5.13 Å². The van der Waals surface area contributed by atoms with Crippen LogP contribution in [0.2, 0.25) is 0 Å². The Kier molecular flexibility index (Phi) is 5.33. The minimum absolute atomic E-state index is 1.05. The van der Waals surface area contributed by atoms with Crippen LogP contribution in [-0.4, -0.2) is 23.5 Å². The average Bonchev–Trinajstić information content (AvgIpc) is 2.46. The van der Waals surface area contributed by atoms with E-state index in [9.17, 15) is 0 Å². The van der Waals surface area contributed by atoms with Crippen molar-refractivity contribution in [2.45, 2.75) is 26.7 Å². The molecule has 0 saturated heterocycles. The Hall–Kier alpha value is -0.220. The number of thiazole rings is 1. The van der Waals surface area contributed by atoms with E-state index in [-0.39, 0.29) is 0 Å². The Balaban J connectivity index is 2.18. The summed E-state index contributed by atoms with van der Waals surface area (Å²) < 4.78 is 0. The van der Waals surface area contributed by atoms with E-state index >= 15 is 0 Å². The molecule has 0 aliphatic carbocycles. The van der Waals surface area contributed by atoms with Crippen LogP contribution in [-0.2, 0) is 0 Å². The minimum Gasteiger partial charge on any atom is -0.362 e. The molecule has 1 N–H and O–H groups in total. The number of hydrogen-bond donors (Lipinski definition) is 1. The van der Waals surface area contributed by atoms with Crippen molar-refractivity contribution in [3.05, 3.63) is 10.6 Å². The van der Waals surface area contributed by atoms with E-state index in [1.54, 1.807) is 11.3 Å². The zero-order valence-electron chi connectivity index (χ0n) is 9.09. The Bertz CT molecular complexity index is 252. The molecule has 1 heterocycles. The normalized spacial score (nSPS) is 10.5. The number of anilines is 1. The van der Waals surface area contributed by atoms with Crippen LogP contribution in [0.25, 0.3) is 0 Å². The predicted molar refractivity (Wildman–Crippen MR) is 67.7 cm³/mol. The second kappa shape index (κ2) is 6.30. The zero-order valence-corrected chi connectivity index (χ0v) is 10.7. The molecular weight excluding hydrogens is 212 g/mol. The molecule has 14 heavy (non-hydrogen) atoms. The van der Waals surface area contributed by atoms with Crippen molar-refractivity contribution in [2.24, 2.45) is 0 Å². The van der Waals surface area contributed by atoms with Crippen molar-refractivity contribution in [2.75, 3.05) is 23.9 Å². The number of nitrogens with one attached hydrogen (secondary N) is 1. The van der Waals surface area contributed by atoms with Crippen molar-refractivity contribution in [3.8, 4) is 0 Å². The van der Waals surface area contributed by atoms with Crippen molar-refractivity contribution in [3.63, 3.8) is 0 Å². The first-order chi connectivity index (χ1) is 6.74. The summed E-state index contributed by atoms with van der Waals surface area (Å²) in [4.78, 5) is 5.75. The van der Waals surface area contributed by atoms with Crippen LogP contribution in [0.5, 0.6) is 0 Å². The van der Waals surface area contributed by atoms with E-state index in [1.807, 2.05) is 11.8 Å². The Morgan fingerprint density at radius 2 is 2.14 bits per heavy atom. The van der Waals surface area contributed by atoms with Crippen LogP contribution in [0.1, 0.15) is 23.4 Å². The first-order valence-electron chi connectivity index (χ1n) is 4.91. The second-order valence-electron chi connectivity index (χ2n) is 3.29. The van der Waals surface area contributed by atoms with Gasteiger partial charge in [0.05, 0.1) is 5.69 Å². The summed E-state index contributed by atoms with van der Waals surface area (Å²) in [7, 11) is 0. The summed E-state index contributed by atoms with van der Waals surface area (Å²) in [5.41, 5.74) is 1.15. The molecule has 0 radical (unpaired) electrons. The highest BCUT2D eigenvalue weighted by atomic mass is 32.2. The van der Waals surface area contributed by atoms with Crippen LogP contribution in [0.15, 0.2) is 0 Å². The quantitative estimate of drug-likeness (QED) is 0.759. The highest BCUT2D eigenvalue weighted by molar-refractivity contribution is 7.98. The lowest BCUT2D eigenvalue weighted by molar-refractivity contribution is 0.842. The number of unbranched alkanes of at least 4 members (excludes halogenated alkanes) is 1. The van der Waals surface area contributed by atoms with Crippen molar-refractivity contribution >= 4 is 28.2 Å². The van der Waals surface area contributed by atoms with E-state index in [4.69, 9.17) is 0 Å². The first-order valence-corrected chi connectivity index (χ1v) is 7.12. The molecule has 1 aromatic rings. The summed E-state index contributed by atoms with van der Waals surface area (Å²) >= 11 is 3.66. The number of thioether (sulfide) groups is 1. The van der Waals surface area contributed by atoms with Crippen LogP contribution < -0.4 is 5.32 Å². The third kappa shape index (κ3) is 3.88. The molecule has 0 spiro atoms. The Morgan fingerprint density at radius 1 is 1.36 bits per heavy atom. The maximum atomic E-state index is 4.43. The zero-order chi connectivity index (χ0) is 10.4. The third-order valence-corrected chi connectivity index (χ3v) is 3.81. The Labute approximate surface area is 94.5 Å². The molecule has 0 atom stereocenters. The highest BCUT2D eigenvalue weighted by Gasteiger charge is 2.01. The van der Waals surface area contributed by atoms with Gasteiger partial charge in [-0.15, -0.1) is 11.3 Å². The van der Waals surface area contributed by atoms with Gasteiger partial charge in [0.25, 0.3) is 0 Å². The van der Waals surface area contributed by atoms with E-state index in [1.165, 1.54) is 23.5 Å². The van der Waals surface area contributed by atoms with Crippen LogP contribution in [0, 0.1) is 13.8 Å². The van der Waals surface area contributed by atoms with Gasteiger partial charge in [-0.2, -0.15) is 11.8 Å². The topological polar surface area (TPSA) is 24.9 Å². The fourth-order valence-electron chi connectivity index (χ4n) is 1.12. The largest absolute Gasteiger partial charge is 0.362 e. The van der Waals surface area contributed by atoms with E-state index in [0.717, 1.165) is 17.4 Å². The lowest BCUT2D eigenvalue weighted by atomic mass is 10.3. The number of aromatic nitrogens is 1. The maximum Gasteiger partial charge on any atom is 0.183 e. The van der Waals surface area contributed by atoms with Crippen molar-refractivity contribution in [1.29, 1.82) is 0 Å². The van der Waals surface area contributed by atoms with Gasteiger partial charge >= 0.3 is 0 Å². The summed E-state index contributed by atoms with van der Waals surface area (Å²) in [6.45, 7) is 5.23. The lowest BCUT2D eigenvalue weighted by Gasteiger charge is -2.00. The predicted octanol–water partition coefficient (Wildman–Crippen LogP) is 3.32. The Morgan fingerprint density at radius 3 is 2.71 bits per heavy atom. The van der Waals surface area contributed by atoms with Gasteiger partial charge in [-0.05, 0) is 38.7 Å². The minimum atomic E-state index is 1.05.